The standard InChI is InChI=1S/C28H24Cl3N3O3/c1-17-4-5-18(2)34(17)22-9-10-23(25(31)14-22)28(35)33-32-15-19-6-11-26(27(12-19)36-3)37-16-20-7-8-21(29)13-24(20)30/h4-15H,16H2,1-3H3,(H,33,35)/b32-15-. The van der Waals surface area contributed by atoms with Crippen LogP contribution in [0.4, 0.5) is 0 Å². The summed E-state index contributed by atoms with van der Waals surface area (Å²) in [4.78, 5) is 12.7. The Labute approximate surface area is 230 Å². The van der Waals surface area contributed by atoms with Crippen LogP contribution in [0.2, 0.25) is 15.1 Å². The van der Waals surface area contributed by atoms with Gasteiger partial charge in [0.2, 0.25) is 0 Å². The zero-order chi connectivity index (χ0) is 26.5. The highest BCUT2D eigenvalue weighted by Crippen LogP contribution is 2.30. The number of rotatable bonds is 8. The number of carbonyl (C=O) groups is 1. The second-order valence-electron chi connectivity index (χ2n) is 8.25. The van der Waals surface area contributed by atoms with Crippen LogP contribution in [-0.4, -0.2) is 23.8 Å². The SMILES string of the molecule is COc1cc(/C=N\NC(=O)c2ccc(-n3c(C)ccc3C)cc2Cl)ccc1OCc1ccc(Cl)cc1Cl. The first-order valence-electron chi connectivity index (χ1n) is 11.3. The largest absolute Gasteiger partial charge is 0.493 e. The number of nitrogens with zero attached hydrogens (tertiary/aromatic N) is 2. The third kappa shape index (κ3) is 6.28. The topological polar surface area (TPSA) is 64.8 Å². The minimum atomic E-state index is -0.416. The first-order chi connectivity index (χ1) is 17.8. The predicted octanol–water partition coefficient (Wildman–Crippen LogP) is 7.41. The number of ether oxygens (including phenoxy) is 2. The molecule has 0 spiro atoms. The summed E-state index contributed by atoms with van der Waals surface area (Å²) in [5.41, 5.74) is 7.39. The molecule has 0 atom stereocenters. The summed E-state index contributed by atoms with van der Waals surface area (Å²) in [5.74, 6) is 0.629. The molecule has 1 N–H and O–H groups in total. The van der Waals surface area contributed by atoms with E-state index in [0.29, 0.717) is 37.7 Å². The van der Waals surface area contributed by atoms with E-state index >= 15 is 0 Å². The fourth-order valence-electron chi connectivity index (χ4n) is 3.81. The summed E-state index contributed by atoms with van der Waals surface area (Å²) in [6.07, 6.45) is 1.51. The van der Waals surface area contributed by atoms with Gasteiger partial charge in [-0.05, 0) is 80.1 Å². The molecule has 0 aliphatic heterocycles. The second kappa shape index (κ2) is 11.7. The van der Waals surface area contributed by atoms with Crippen molar-refractivity contribution >= 4 is 46.9 Å². The van der Waals surface area contributed by atoms with Crippen molar-refractivity contribution in [3.8, 4) is 17.2 Å². The third-order valence-electron chi connectivity index (χ3n) is 5.69. The van der Waals surface area contributed by atoms with Crippen LogP contribution in [0.1, 0.15) is 32.9 Å². The molecule has 0 aliphatic rings. The Balaban J connectivity index is 1.41. The molecule has 3 aromatic carbocycles. The van der Waals surface area contributed by atoms with Crippen LogP contribution < -0.4 is 14.9 Å². The molecule has 0 bridgehead atoms. The maximum atomic E-state index is 12.7. The van der Waals surface area contributed by atoms with Crippen molar-refractivity contribution in [2.24, 2.45) is 5.10 Å². The molecular formula is C28H24Cl3N3O3. The molecule has 9 heteroatoms. The van der Waals surface area contributed by atoms with E-state index in [1.807, 2.05) is 38.1 Å². The molecular weight excluding hydrogens is 533 g/mol. The molecule has 1 amide bonds. The van der Waals surface area contributed by atoms with Crippen molar-refractivity contribution in [2.75, 3.05) is 7.11 Å². The van der Waals surface area contributed by atoms with Gasteiger partial charge in [-0.1, -0.05) is 40.9 Å². The summed E-state index contributed by atoms with van der Waals surface area (Å²) in [6, 6.07) is 19.9. The number of hydrazone groups is 1. The summed E-state index contributed by atoms with van der Waals surface area (Å²) < 4.78 is 13.4. The molecule has 37 heavy (non-hydrogen) atoms. The number of halogens is 3. The molecule has 0 aliphatic carbocycles. The minimum Gasteiger partial charge on any atom is -0.493 e. The number of hydrogen-bond donors (Lipinski definition) is 1. The maximum absolute atomic E-state index is 12.7. The van der Waals surface area contributed by atoms with Gasteiger partial charge in [0.15, 0.2) is 11.5 Å². The highest BCUT2D eigenvalue weighted by Gasteiger charge is 2.13. The van der Waals surface area contributed by atoms with Gasteiger partial charge < -0.3 is 14.0 Å². The molecule has 0 saturated carbocycles. The van der Waals surface area contributed by atoms with Crippen molar-refractivity contribution in [3.63, 3.8) is 0 Å². The van der Waals surface area contributed by atoms with Gasteiger partial charge in [0.25, 0.3) is 5.91 Å². The van der Waals surface area contributed by atoms with Crippen LogP contribution >= 0.6 is 34.8 Å². The van der Waals surface area contributed by atoms with Gasteiger partial charge >= 0.3 is 0 Å². The molecule has 0 fully saturated rings. The van der Waals surface area contributed by atoms with Crippen molar-refractivity contribution in [1.82, 2.24) is 9.99 Å². The molecule has 1 aromatic heterocycles. The summed E-state index contributed by atoms with van der Waals surface area (Å²) in [5, 5.41) is 5.48. The van der Waals surface area contributed by atoms with Gasteiger partial charge in [0.05, 0.1) is 23.9 Å². The van der Waals surface area contributed by atoms with Crippen LogP contribution in [0.25, 0.3) is 5.69 Å². The van der Waals surface area contributed by atoms with Gasteiger partial charge in [0.1, 0.15) is 6.61 Å². The Kier molecular flexibility index (Phi) is 8.44. The average molecular weight is 557 g/mol. The van der Waals surface area contributed by atoms with E-state index in [9.17, 15) is 4.79 Å². The van der Waals surface area contributed by atoms with E-state index in [1.165, 1.54) is 6.21 Å². The van der Waals surface area contributed by atoms with Crippen molar-refractivity contribution in [2.45, 2.75) is 20.5 Å². The molecule has 4 rings (SSSR count). The zero-order valence-corrected chi connectivity index (χ0v) is 22.7. The first kappa shape index (κ1) is 26.6. The third-order valence-corrected chi connectivity index (χ3v) is 6.59. The van der Waals surface area contributed by atoms with Gasteiger partial charge in [-0.25, -0.2) is 5.43 Å². The van der Waals surface area contributed by atoms with E-state index in [-0.39, 0.29) is 6.61 Å². The number of aromatic nitrogens is 1. The number of hydrogen-bond acceptors (Lipinski definition) is 4. The molecule has 0 saturated heterocycles. The van der Waals surface area contributed by atoms with Gasteiger partial charge in [-0.2, -0.15) is 5.10 Å². The number of methoxy groups -OCH3 is 1. The lowest BCUT2D eigenvalue weighted by Crippen LogP contribution is -2.18. The number of nitrogens with one attached hydrogen (secondary N) is 1. The van der Waals surface area contributed by atoms with Crippen LogP contribution in [-0.2, 0) is 6.61 Å². The van der Waals surface area contributed by atoms with E-state index < -0.39 is 5.91 Å². The highest BCUT2D eigenvalue weighted by molar-refractivity contribution is 6.35. The van der Waals surface area contributed by atoms with Crippen molar-refractivity contribution in [1.29, 1.82) is 0 Å². The first-order valence-corrected chi connectivity index (χ1v) is 12.4. The summed E-state index contributed by atoms with van der Waals surface area (Å²) in [7, 11) is 1.54. The van der Waals surface area contributed by atoms with E-state index in [1.54, 1.807) is 49.6 Å². The summed E-state index contributed by atoms with van der Waals surface area (Å²) >= 11 is 18.6. The second-order valence-corrected chi connectivity index (χ2v) is 9.50. The van der Waals surface area contributed by atoms with Crippen molar-refractivity contribution < 1.29 is 14.3 Å². The molecule has 0 unspecified atom stereocenters. The fraction of sp³-hybridized carbons (Fsp3) is 0.143. The molecule has 0 radical (unpaired) electrons. The lowest BCUT2D eigenvalue weighted by Gasteiger charge is -2.12. The Bertz CT molecular complexity index is 1460. The number of amides is 1. The molecule has 6 nitrogen and oxygen atoms in total. The Hall–Kier alpha value is -3.45. The minimum absolute atomic E-state index is 0.249. The van der Waals surface area contributed by atoms with Crippen molar-refractivity contribution in [3.05, 3.63) is 110 Å². The molecule has 4 aromatic rings. The van der Waals surface area contributed by atoms with Gasteiger partial charge in [-0.3, -0.25) is 4.79 Å². The number of carbonyl (C=O) groups excluding carboxylic acids is 1. The molecule has 1 heterocycles. The zero-order valence-electron chi connectivity index (χ0n) is 20.4. The van der Waals surface area contributed by atoms with Crippen LogP contribution in [0.15, 0.2) is 71.8 Å². The Morgan fingerprint density at radius 1 is 0.919 bits per heavy atom. The average Bonchev–Trinajstić information content (AvgIpc) is 3.21. The quantitative estimate of drug-likeness (QED) is 0.182. The van der Waals surface area contributed by atoms with Gasteiger partial charge in [-0.15, -0.1) is 0 Å². The van der Waals surface area contributed by atoms with E-state index in [0.717, 1.165) is 22.6 Å². The monoisotopic (exact) mass is 555 g/mol. The van der Waals surface area contributed by atoms with Crippen LogP contribution in [0.5, 0.6) is 11.5 Å². The predicted molar refractivity (Wildman–Crippen MR) is 149 cm³/mol. The highest BCUT2D eigenvalue weighted by atomic mass is 35.5. The number of benzene rings is 3. The van der Waals surface area contributed by atoms with Gasteiger partial charge in [0, 0.05) is 32.7 Å². The van der Waals surface area contributed by atoms with Crippen LogP contribution in [0.3, 0.4) is 0 Å². The van der Waals surface area contributed by atoms with E-state index in [2.05, 4.69) is 15.1 Å². The maximum Gasteiger partial charge on any atom is 0.272 e. The smallest absolute Gasteiger partial charge is 0.272 e. The fourth-order valence-corrected chi connectivity index (χ4v) is 4.53. The molecule has 190 valence electrons. The van der Waals surface area contributed by atoms with E-state index in [4.69, 9.17) is 44.3 Å². The Morgan fingerprint density at radius 2 is 1.68 bits per heavy atom. The van der Waals surface area contributed by atoms with Crippen LogP contribution in [0, 0.1) is 13.8 Å². The normalized spacial score (nSPS) is 11.1. The Morgan fingerprint density at radius 3 is 2.35 bits per heavy atom. The number of aryl methyl sites for hydroxylation is 2. The lowest BCUT2D eigenvalue weighted by molar-refractivity contribution is 0.0955. The summed E-state index contributed by atoms with van der Waals surface area (Å²) in [6.45, 7) is 4.27. The lowest BCUT2D eigenvalue weighted by atomic mass is 10.2.